The number of nitrogens with zero attached hydrogens (tertiary/aromatic N) is 3. The first-order chi connectivity index (χ1) is 6.33. The van der Waals surface area contributed by atoms with Crippen molar-refractivity contribution in [2.24, 2.45) is 0 Å². The van der Waals surface area contributed by atoms with Crippen molar-refractivity contribution in [2.75, 3.05) is 25.1 Å². The van der Waals surface area contributed by atoms with E-state index in [9.17, 15) is 0 Å². The topological polar surface area (TPSA) is 38.3 Å². The van der Waals surface area contributed by atoms with Crippen molar-refractivity contribution in [2.45, 2.75) is 6.42 Å². The molecule has 1 saturated heterocycles. The van der Waals surface area contributed by atoms with Gasteiger partial charge in [0, 0.05) is 13.1 Å². The Labute approximate surface area is 81.5 Å². The van der Waals surface area contributed by atoms with E-state index in [2.05, 4.69) is 14.9 Å². The van der Waals surface area contributed by atoms with Crippen LogP contribution in [-0.4, -0.2) is 30.2 Å². The van der Waals surface area contributed by atoms with Crippen LogP contribution in [0.4, 0.5) is 5.82 Å². The van der Waals surface area contributed by atoms with Gasteiger partial charge >= 0.3 is 0 Å². The molecule has 5 heteroatoms. The lowest BCUT2D eigenvalue weighted by molar-refractivity contribution is 0.407. The fourth-order valence-corrected chi connectivity index (χ4v) is 1.48. The molecule has 70 valence electrons. The number of anilines is 1. The molecule has 0 saturated carbocycles. The Bertz CT molecular complexity index is 314. The SMILES string of the molecule is COc1c(Cl)ncnc1N1CCC1. The van der Waals surface area contributed by atoms with Crippen LogP contribution in [0.3, 0.4) is 0 Å². The zero-order chi connectivity index (χ0) is 9.26. The van der Waals surface area contributed by atoms with Gasteiger partial charge in [0.15, 0.2) is 16.7 Å². The van der Waals surface area contributed by atoms with Crippen molar-refractivity contribution in [1.29, 1.82) is 0 Å². The van der Waals surface area contributed by atoms with Gasteiger partial charge in [-0.2, -0.15) is 0 Å². The molecule has 0 bridgehead atoms. The van der Waals surface area contributed by atoms with Gasteiger partial charge in [-0.1, -0.05) is 11.6 Å². The summed E-state index contributed by atoms with van der Waals surface area (Å²) in [5, 5.41) is 0.374. The molecule has 0 amide bonds. The van der Waals surface area contributed by atoms with Crippen molar-refractivity contribution in [3.63, 3.8) is 0 Å². The minimum Gasteiger partial charge on any atom is -0.490 e. The van der Waals surface area contributed by atoms with Crippen LogP contribution in [0.15, 0.2) is 6.33 Å². The average molecular weight is 200 g/mol. The lowest BCUT2D eigenvalue weighted by Crippen LogP contribution is -2.37. The van der Waals surface area contributed by atoms with Crippen LogP contribution < -0.4 is 9.64 Å². The van der Waals surface area contributed by atoms with Crippen molar-refractivity contribution in [3.8, 4) is 5.75 Å². The van der Waals surface area contributed by atoms with Gasteiger partial charge < -0.3 is 9.64 Å². The minimum atomic E-state index is 0.374. The summed E-state index contributed by atoms with van der Waals surface area (Å²) in [5.41, 5.74) is 0. The summed E-state index contributed by atoms with van der Waals surface area (Å²) in [6.07, 6.45) is 2.66. The molecule has 0 spiro atoms. The molecule has 0 atom stereocenters. The first kappa shape index (κ1) is 8.56. The quantitative estimate of drug-likeness (QED) is 0.674. The number of methoxy groups -OCH3 is 1. The van der Waals surface area contributed by atoms with E-state index in [4.69, 9.17) is 16.3 Å². The summed E-state index contributed by atoms with van der Waals surface area (Å²) in [7, 11) is 1.58. The summed E-state index contributed by atoms with van der Waals surface area (Å²) in [6, 6.07) is 0. The molecule has 0 radical (unpaired) electrons. The number of ether oxygens (including phenoxy) is 1. The van der Waals surface area contributed by atoms with Crippen LogP contribution in [0.25, 0.3) is 0 Å². The maximum absolute atomic E-state index is 5.85. The van der Waals surface area contributed by atoms with E-state index >= 15 is 0 Å². The molecule has 4 nitrogen and oxygen atoms in total. The molecule has 1 aliphatic heterocycles. The summed E-state index contributed by atoms with van der Waals surface area (Å²) in [5.74, 6) is 1.37. The molecule has 1 aliphatic rings. The van der Waals surface area contributed by atoms with Gasteiger partial charge in [0.25, 0.3) is 0 Å². The fourth-order valence-electron chi connectivity index (χ4n) is 1.27. The highest BCUT2D eigenvalue weighted by Crippen LogP contribution is 2.33. The predicted molar refractivity (Wildman–Crippen MR) is 50.4 cm³/mol. The molecule has 2 rings (SSSR count). The third-order valence-corrected chi connectivity index (χ3v) is 2.37. The number of halogens is 1. The third-order valence-electron chi connectivity index (χ3n) is 2.10. The second-order valence-electron chi connectivity index (χ2n) is 2.86. The summed E-state index contributed by atoms with van der Waals surface area (Å²) < 4.78 is 5.13. The van der Waals surface area contributed by atoms with Crippen LogP contribution in [0.2, 0.25) is 5.15 Å². The monoisotopic (exact) mass is 199 g/mol. The highest BCUT2D eigenvalue weighted by Gasteiger charge is 2.21. The highest BCUT2D eigenvalue weighted by atomic mass is 35.5. The number of aromatic nitrogens is 2. The van der Waals surface area contributed by atoms with Crippen LogP contribution in [0.1, 0.15) is 6.42 Å². The van der Waals surface area contributed by atoms with Crippen molar-refractivity contribution >= 4 is 17.4 Å². The van der Waals surface area contributed by atoms with Crippen molar-refractivity contribution in [1.82, 2.24) is 9.97 Å². The lowest BCUT2D eigenvalue weighted by Gasteiger charge is -2.32. The summed E-state index contributed by atoms with van der Waals surface area (Å²) >= 11 is 5.85. The van der Waals surface area contributed by atoms with E-state index in [0.717, 1.165) is 18.9 Å². The van der Waals surface area contributed by atoms with Crippen LogP contribution in [0, 0.1) is 0 Å². The Morgan fingerprint density at radius 3 is 2.77 bits per heavy atom. The maximum Gasteiger partial charge on any atom is 0.199 e. The second-order valence-corrected chi connectivity index (χ2v) is 3.22. The highest BCUT2D eigenvalue weighted by molar-refractivity contribution is 6.31. The lowest BCUT2D eigenvalue weighted by atomic mass is 10.2. The largest absolute Gasteiger partial charge is 0.490 e. The Hall–Kier alpha value is -1.03. The van der Waals surface area contributed by atoms with Crippen molar-refractivity contribution in [3.05, 3.63) is 11.5 Å². The molecule has 1 aromatic heterocycles. The molecule has 13 heavy (non-hydrogen) atoms. The Kier molecular flexibility index (Phi) is 2.22. The van der Waals surface area contributed by atoms with E-state index in [0.29, 0.717) is 10.9 Å². The molecule has 0 unspecified atom stereocenters. The minimum absolute atomic E-state index is 0.374. The standard InChI is InChI=1S/C8H10ClN3O/c1-13-6-7(9)10-5-11-8(6)12-3-2-4-12/h5H,2-4H2,1H3. The first-order valence-corrected chi connectivity index (χ1v) is 4.50. The van der Waals surface area contributed by atoms with E-state index < -0.39 is 0 Å². The van der Waals surface area contributed by atoms with Crippen LogP contribution in [-0.2, 0) is 0 Å². The van der Waals surface area contributed by atoms with Crippen LogP contribution >= 0.6 is 11.6 Å². The maximum atomic E-state index is 5.85. The van der Waals surface area contributed by atoms with Gasteiger partial charge in [-0.15, -0.1) is 0 Å². The first-order valence-electron chi connectivity index (χ1n) is 4.12. The fraction of sp³-hybridized carbons (Fsp3) is 0.500. The molecular weight excluding hydrogens is 190 g/mol. The third kappa shape index (κ3) is 1.42. The van der Waals surface area contributed by atoms with Gasteiger partial charge in [-0.25, -0.2) is 9.97 Å². The summed E-state index contributed by atoms with van der Waals surface area (Å²) in [6.45, 7) is 2.04. The van der Waals surface area contributed by atoms with Crippen LogP contribution in [0.5, 0.6) is 5.75 Å². The van der Waals surface area contributed by atoms with E-state index in [-0.39, 0.29) is 0 Å². The Morgan fingerprint density at radius 2 is 2.23 bits per heavy atom. The number of rotatable bonds is 2. The number of hydrogen-bond donors (Lipinski definition) is 0. The zero-order valence-electron chi connectivity index (χ0n) is 7.33. The van der Waals surface area contributed by atoms with Gasteiger partial charge in [-0.05, 0) is 6.42 Å². The van der Waals surface area contributed by atoms with E-state index in [1.165, 1.54) is 12.7 Å². The van der Waals surface area contributed by atoms with E-state index in [1.54, 1.807) is 7.11 Å². The molecule has 1 aromatic rings. The molecule has 2 heterocycles. The molecular formula is C8H10ClN3O. The molecule has 0 aliphatic carbocycles. The van der Waals surface area contributed by atoms with Crippen molar-refractivity contribution < 1.29 is 4.74 Å². The van der Waals surface area contributed by atoms with Gasteiger partial charge in [-0.3, -0.25) is 0 Å². The summed E-state index contributed by atoms with van der Waals surface area (Å²) in [4.78, 5) is 10.1. The van der Waals surface area contributed by atoms with Gasteiger partial charge in [0.2, 0.25) is 0 Å². The molecule has 0 N–H and O–H groups in total. The zero-order valence-corrected chi connectivity index (χ0v) is 8.08. The van der Waals surface area contributed by atoms with E-state index in [1.807, 2.05) is 0 Å². The van der Waals surface area contributed by atoms with Gasteiger partial charge in [0.05, 0.1) is 7.11 Å². The molecule has 1 fully saturated rings. The molecule has 0 aromatic carbocycles. The normalized spacial score (nSPS) is 15.4. The van der Waals surface area contributed by atoms with Gasteiger partial charge in [0.1, 0.15) is 6.33 Å². The number of hydrogen-bond acceptors (Lipinski definition) is 4. The Balaban J connectivity index is 2.37. The Morgan fingerprint density at radius 1 is 1.46 bits per heavy atom. The second kappa shape index (κ2) is 3.38. The average Bonchev–Trinajstić information content (AvgIpc) is 2.01. The smallest absolute Gasteiger partial charge is 0.199 e. The predicted octanol–water partition coefficient (Wildman–Crippen LogP) is 1.35.